The molecule has 1 aromatic rings. The van der Waals surface area contributed by atoms with Crippen molar-refractivity contribution in [3.05, 3.63) is 34.9 Å². The van der Waals surface area contributed by atoms with Crippen LogP contribution in [0, 0.1) is 11.8 Å². The third-order valence-corrected chi connectivity index (χ3v) is 5.42. The Morgan fingerprint density at radius 3 is 2.83 bits per heavy atom. The number of carbonyl (C=O) groups is 1. The number of hydrogen-bond acceptors (Lipinski definition) is 1. The summed E-state index contributed by atoms with van der Waals surface area (Å²) in [5, 5.41) is 0. The highest BCUT2D eigenvalue weighted by Gasteiger charge is 2.15. The summed E-state index contributed by atoms with van der Waals surface area (Å²) in [5.41, 5.74) is 4.70. The van der Waals surface area contributed by atoms with E-state index < -0.39 is 0 Å². The number of hydrogen-bond donors (Lipinski definition) is 0. The second-order valence-electron chi connectivity index (χ2n) is 7.74. The van der Waals surface area contributed by atoms with Crippen molar-refractivity contribution in [2.24, 2.45) is 11.8 Å². The van der Waals surface area contributed by atoms with Gasteiger partial charge in [0.1, 0.15) is 5.78 Å². The number of fused-ring (bicyclic) bond motifs is 1. The number of aryl methyl sites for hydroxylation is 2. The van der Waals surface area contributed by atoms with Gasteiger partial charge in [0, 0.05) is 7.85 Å². The van der Waals surface area contributed by atoms with Gasteiger partial charge in [0.05, 0.1) is 0 Å². The fraction of sp³-hybridized carbons (Fsp3) is 0.682. The van der Waals surface area contributed by atoms with Crippen molar-refractivity contribution in [1.29, 1.82) is 0 Å². The van der Waals surface area contributed by atoms with Crippen molar-refractivity contribution >= 4 is 5.78 Å². The molecule has 0 amide bonds. The highest BCUT2D eigenvalue weighted by molar-refractivity contribution is 5.75. The summed E-state index contributed by atoms with van der Waals surface area (Å²) < 4.78 is 0. The molecule has 0 aromatic heterocycles. The van der Waals surface area contributed by atoms with Crippen LogP contribution in [0.25, 0.3) is 0 Å². The van der Waals surface area contributed by atoms with Crippen LogP contribution in [0.4, 0.5) is 0 Å². The van der Waals surface area contributed by atoms with E-state index in [0.29, 0.717) is 5.78 Å². The highest BCUT2D eigenvalue weighted by atomic mass is 16.1. The van der Waals surface area contributed by atoms with Gasteiger partial charge in [-0.05, 0) is 74.0 Å². The summed E-state index contributed by atoms with van der Waals surface area (Å²) in [6, 6.07) is 7.21. The second kappa shape index (κ2) is 9.25. The van der Waals surface area contributed by atoms with Crippen LogP contribution in [0.1, 0.15) is 83.8 Å². The van der Waals surface area contributed by atoms with E-state index in [4.69, 9.17) is 0 Å². The molecule has 1 heteroatoms. The first-order valence-corrected chi connectivity index (χ1v) is 9.68. The Labute approximate surface area is 144 Å². The van der Waals surface area contributed by atoms with E-state index in [1.165, 1.54) is 56.9 Å². The highest BCUT2D eigenvalue weighted by Crippen LogP contribution is 2.27. The van der Waals surface area contributed by atoms with Gasteiger partial charge in [0.25, 0.3) is 0 Å². The summed E-state index contributed by atoms with van der Waals surface area (Å²) in [6.07, 6.45) is 12.0. The molecule has 1 nitrogen and oxygen atoms in total. The van der Waals surface area contributed by atoms with Crippen LogP contribution in [0.2, 0.25) is 0 Å². The standard InChI is InChI=1S/C22H34O.H2/c1-4-6-19(8-5-7-18(3)23)10-11-20-12-14-21-15-17(2)9-13-22(21)16-20;/h12,14,16-17,19H,4-11,13,15H2,1-3H3;1H/t17-,19?;/m0./s1. The number of carbonyl (C=O) groups excluding carboxylic acids is 1. The van der Waals surface area contributed by atoms with E-state index in [2.05, 4.69) is 32.0 Å². The number of ketones is 1. The summed E-state index contributed by atoms with van der Waals surface area (Å²) in [7, 11) is 0. The Morgan fingerprint density at radius 2 is 2.09 bits per heavy atom. The molecular formula is C22H36O. The van der Waals surface area contributed by atoms with Crippen LogP contribution in [0.3, 0.4) is 0 Å². The molecule has 1 aromatic carbocycles. The van der Waals surface area contributed by atoms with Crippen LogP contribution in [-0.2, 0) is 24.1 Å². The summed E-state index contributed by atoms with van der Waals surface area (Å²) in [5.74, 6) is 1.98. The van der Waals surface area contributed by atoms with Crippen molar-refractivity contribution in [1.82, 2.24) is 0 Å². The zero-order valence-corrected chi connectivity index (χ0v) is 15.4. The second-order valence-corrected chi connectivity index (χ2v) is 7.74. The Bertz CT molecular complexity index is 509. The average molecular weight is 317 g/mol. The third-order valence-electron chi connectivity index (χ3n) is 5.42. The summed E-state index contributed by atoms with van der Waals surface area (Å²) >= 11 is 0. The van der Waals surface area contributed by atoms with Gasteiger partial charge in [-0.1, -0.05) is 51.3 Å². The Hall–Kier alpha value is -1.11. The number of rotatable bonds is 9. The molecule has 0 spiro atoms. The maximum absolute atomic E-state index is 11.1. The van der Waals surface area contributed by atoms with Crippen LogP contribution >= 0.6 is 0 Å². The largest absolute Gasteiger partial charge is 0.300 e. The fourth-order valence-corrected chi connectivity index (χ4v) is 4.00. The van der Waals surface area contributed by atoms with Gasteiger partial charge < -0.3 is 4.79 Å². The third kappa shape index (κ3) is 6.12. The van der Waals surface area contributed by atoms with Gasteiger partial charge in [-0.3, -0.25) is 0 Å². The molecule has 0 aliphatic heterocycles. The van der Waals surface area contributed by atoms with E-state index in [9.17, 15) is 4.79 Å². The van der Waals surface area contributed by atoms with Crippen LogP contribution in [0.15, 0.2) is 18.2 Å². The molecule has 130 valence electrons. The van der Waals surface area contributed by atoms with Crippen molar-refractivity contribution in [3.8, 4) is 0 Å². The van der Waals surface area contributed by atoms with E-state index in [1.807, 2.05) is 0 Å². The molecule has 23 heavy (non-hydrogen) atoms. The van der Waals surface area contributed by atoms with Gasteiger partial charge in [0.2, 0.25) is 0 Å². The molecule has 2 rings (SSSR count). The zero-order valence-electron chi connectivity index (χ0n) is 15.4. The minimum atomic E-state index is 0. The van der Waals surface area contributed by atoms with Crippen molar-refractivity contribution < 1.29 is 6.22 Å². The lowest BCUT2D eigenvalue weighted by atomic mass is 9.83. The zero-order chi connectivity index (χ0) is 16.7. The van der Waals surface area contributed by atoms with Crippen molar-refractivity contribution in [2.45, 2.75) is 85.0 Å². The van der Waals surface area contributed by atoms with Gasteiger partial charge in [-0.25, -0.2) is 0 Å². The average Bonchev–Trinajstić information content (AvgIpc) is 2.52. The molecule has 0 bridgehead atoms. The van der Waals surface area contributed by atoms with Gasteiger partial charge in [0.15, 0.2) is 0 Å². The molecule has 1 unspecified atom stereocenters. The molecule has 1 aliphatic rings. The minimum absolute atomic E-state index is 0. The first-order chi connectivity index (χ1) is 11.1. The molecule has 2 atom stereocenters. The van der Waals surface area contributed by atoms with Crippen molar-refractivity contribution in [2.75, 3.05) is 0 Å². The summed E-state index contributed by atoms with van der Waals surface area (Å²) in [6.45, 7) is 6.36. The first-order valence-electron chi connectivity index (χ1n) is 9.68. The van der Waals surface area contributed by atoms with E-state index in [1.54, 1.807) is 18.1 Å². The van der Waals surface area contributed by atoms with Gasteiger partial charge in [-0.15, -0.1) is 0 Å². The van der Waals surface area contributed by atoms with Crippen LogP contribution in [-0.4, -0.2) is 5.78 Å². The first kappa shape index (κ1) is 18.2. The van der Waals surface area contributed by atoms with Crippen molar-refractivity contribution in [3.63, 3.8) is 0 Å². The van der Waals surface area contributed by atoms with Gasteiger partial charge >= 0.3 is 0 Å². The molecule has 0 saturated heterocycles. The van der Waals surface area contributed by atoms with E-state index in [-0.39, 0.29) is 1.43 Å². The van der Waals surface area contributed by atoms with E-state index >= 15 is 0 Å². The van der Waals surface area contributed by atoms with Crippen LogP contribution < -0.4 is 0 Å². The smallest absolute Gasteiger partial charge is 0.129 e. The maximum atomic E-state index is 11.1. The maximum Gasteiger partial charge on any atom is 0.129 e. The topological polar surface area (TPSA) is 17.1 Å². The van der Waals surface area contributed by atoms with E-state index in [0.717, 1.165) is 24.7 Å². The lowest BCUT2D eigenvalue weighted by molar-refractivity contribution is -0.117. The lowest BCUT2D eigenvalue weighted by Gasteiger charge is -2.22. The molecule has 0 saturated carbocycles. The monoisotopic (exact) mass is 316 g/mol. The molecule has 0 radical (unpaired) electrons. The Morgan fingerprint density at radius 1 is 1.26 bits per heavy atom. The summed E-state index contributed by atoms with van der Waals surface area (Å²) in [4.78, 5) is 11.1. The fourth-order valence-electron chi connectivity index (χ4n) is 4.00. The SMILES string of the molecule is CCCC(CCCC(C)=O)CCc1ccc2c(c1)CC[C@H](C)C2.[HH]. The minimum Gasteiger partial charge on any atom is -0.300 e. The molecule has 0 N–H and O–H groups in total. The van der Waals surface area contributed by atoms with Gasteiger partial charge in [-0.2, -0.15) is 0 Å². The number of Topliss-reactive ketones (excluding diaryl/α,β-unsaturated/α-hetero) is 1. The molecule has 0 heterocycles. The quantitative estimate of drug-likeness (QED) is 0.532. The number of benzene rings is 1. The van der Waals surface area contributed by atoms with Crippen LogP contribution in [0.5, 0.6) is 0 Å². The lowest BCUT2D eigenvalue weighted by Crippen LogP contribution is -2.11. The predicted octanol–water partition coefficient (Wildman–Crippen LogP) is 6.17. The molecular weight excluding hydrogens is 280 g/mol. The Balaban J connectivity index is 0.00000288. The predicted molar refractivity (Wildman–Crippen MR) is 101 cm³/mol. The molecule has 0 fully saturated rings. The normalized spacial score (nSPS) is 18.5. The molecule has 1 aliphatic carbocycles. The Kier molecular flexibility index (Phi) is 7.33.